The monoisotopic (exact) mass is 374 g/mol. The second-order valence-electron chi connectivity index (χ2n) is 6.26. The van der Waals surface area contributed by atoms with Gasteiger partial charge in [0.2, 0.25) is 11.5 Å². The molecule has 0 spiro atoms. The molecule has 0 unspecified atom stereocenters. The summed E-state index contributed by atoms with van der Waals surface area (Å²) in [6.45, 7) is 0.471. The fourth-order valence-electron chi connectivity index (χ4n) is 3.78. The molecular weight excluding hydrogens is 352 g/mol. The summed E-state index contributed by atoms with van der Waals surface area (Å²) in [5.41, 5.74) is 1.87. The summed E-state index contributed by atoms with van der Waals surface area (Å²) in [5, 5.41) is 0. The van der Waals surface area contributed by atoms with E-state index >= 15 is 0 Å². The topological polar surface area (TPSA) is 64.6 Å². The Morgan fingerprint density at radius 1 is 0.741 bits per heavy atom. The normalized spacial score (nSPS) is 19.0. The zero-order valence-corrected chi connectivity index (χ0v) is 16.0. The molecule has 27 heavy (non-hydrogen) atoms. The van der Waals surface area contributed by atoms with Crippen LogP contribution in [0.25, 0.3) is 0 Å². The lowest BCUT2D eigenvalue weighted by Crippen LogP contribution is -2.23. The van der Waals surface area contributed by atoms with Crippen molar-refractivity contribution in [3.8, 4) is 40.2 Å². The van der Waals surface area contributed by atoms with Crippen molar-refractivity contribution in [3.63, 3.8) is 0 Å². The molecule has 0 N–H and O–H groups in total. The lowest BCUT2D eigenvalue weighted by atomic mass is 9.89. The van der Waals surface area contributed by atoms with E-state index in [1.54, 1.807) is 35.5 Å². The highest BCUT2D eigenvalue weighted by molar-refractivity contribution is 5.66. The number of fused-ring (bicyclic) bond motifs is 5. The van der Waals surface area contributed by atoms with Crippen molar-refractivity contribution < 1.29 is 33.2 Å². The second kappa shape index (κ2) is 6.64. The van der Waals surface area contributed by atoms with E-state index in [0.29, 0.717) is 41.1 Å². The van der Waals surface area contributed by atoms with E-state index in [9.17, 15) is 0 Å². The highest BCUT2D eigenvalue weighted by atomic mass is 16.6. The highest BCUT2D eigenvalue weighted by Crippen LogP contribution is 2.59. The molecule has 4 rings (SSSR count). The van der Waals surface area contributed by atoms with Gasteiger partial charge in [-0.2, -0.15) is 0 Å². The Balaban J connectivity index is 1.84. The predicted molar refractivity (Wildman–Crippen MR) is 97.2 cm³/mol. The summed E-state index contributed by atoms with van der Waals surface area (Å²) in [5.74, 6) is 4.23. The van der Waals surface area contributed by atoms with Crippen LogP contribution in [0.15, 0.2) is 18.2 Å². The number of benzene rings is 2. The van der Waals surface area contributed by atoms with Crippen LogP contribution in [0.5, 0.6) is 40.2 Å². The summed E-state index contributed by atoms with van der Waals surface area (Å²) in [6, 6.07) is 5.66. The third-order valence-corrected chi connectivity index (χ3v) is 5.06. The van der Waals surface area contributed by atoms with E-state index in [0.717, 1.165) is 16.9 Å². The van der Waals surface area contributed by atoms with E-state index in [1.165, 1.54) is 0 Å². The first kappa shape index (κ1) is 17.5. The van der Waals surface area contributed by atoms with Gasteiger partial charge in [-0.15, -0.1) is 0 Å². The van der Waals surface area contributed by atoms with Crippen molar-refractivity contribution in [1.29, 1.82) is 0 Å². The molecule has 0 saturated carbocycles. The van der Waals surface area contributed by atoms with Crippen molar-refractivity contribution in [2.24, 2.45) is 0 Å². The number of methoxy groups -OCH3 is 5. The number of hydrogen-bond donors (Lipinski definition) is 0. The van der Waals surface area contributed by atoms with Crippen LogP contribution in [0, 0.1) is 0 Å². The van der Waals surface area contributed by atoms with Crippen LogP contribution in [-0.2, 0) is 0 Å². The summed E-state index contributed by atoms with van der Waals surface area (Å²) >= 11 is 0. The summed E-state index contributed by atoms with van der Waals surface area (Å²) in [7, 11) is 7.96. The molecule has 144 valence electrons. The van der Waals surface area contributed by atoms with Gasteiger partial charge < -0.3 is 33.2 Å². The molecule has 2 aromatic carbocycles. The first-order valence-corrected chi connectivity index (χ1v) is 8.55. The summed E-state index contributed by atoms with van der Waals surface area (Å²) in [6.07, 6.45) is -0.228. The molecule has 0 radical (unpaired) electrons. The van der Waals surface area contributed by atoms with Crippen LogP contribution in [0.3, 0.4) is 0 Å². The molecule has 0 saturated heterocycles. The van der Waals surface area contributed by atoms with Crippen molar-refractivity contribution in [2.45, 2.75) is 12.0 Å². The highest BCUT2D eigenvalue weighted by Gasteiger charge is 2.44. The molecule has 2 aliphatic heterocycles. The lowest BCUT2D eigenvalue weighted by molar-refractivity contribution is 0.136. The second-order valence-corrected chi connectivity index (χ2v) is 6.26. The van der Waals surface area contributed by atoms with Crippen LogP contribution in [0.1, 0.15) is 23.1 Å². The molecule has 0 fully saturated rings. The minimum atomic E-state index is -0.228. The van der Waals surface area contributed by atoms with Gasteiger partial charge in [-0.3, -0.25) is 0 Å². The van der Waals surface area contributed by atoms with Crippen LogP contribution in [0.4, 0.5) is 0 Å². The Morgan fingerprint density at radius 2 is 1.37 bits per heavy atom. The Labute approximate surface area is 157 Å². The van der Waals surface area contributed by atoms with Crippen molar-refractivity contribution in [1.82, 2.24) is 0 Å². The summed E-state index contributed by atoms with van der Waals surface area (Å²) in [4.78, 5) is 0. The van der Waals surface area contributed by atoms with Gasteiger partial charge in [0.05, 0.1) is 48.1 Å². The van der Waals surface area contributed by atoms with E-state index < -0.39 is 0 Å². The van der Waals surface area contributed by atoms with Crippen LogP contribution < -0.4 is 33.2 Å². The molecule has 0 amide bonds. The lowest BCUT2D eigenvalue weighted by Gasteiger charge is -2.28. The molecule has 2 aromatic rings. The van der Waals surface area contributed by atoms with Gasteiger partial charge in [0, 0.05) is 17.2 Å². The fourth-order valence-corrected chi connectivity index (χ4v) is 3.78. The van der Waals surface area contributed by atoms with Crippen molar-refractivity contribution in [2.75, 3.05) is 42.2 Å². The zero-order valence-electron chi connectivity index (χ0n) is 16.0. The van der Waals surface area contributed by atoms with Crippen LogP contribution >= 0.6 is 0 Å². The van der Waals surface area contributed by atoms with Gasteiger partial charge in [0.15, 0.2) is 23.0 Å². The van der Waals surface area contributed by atoms with Crippen LogP contribution in [0.2, 0.25) is 0 Å². The van der Waals surface area contributed by atoms with Gasteiger partial charge in [0.25, 0.3) is 0 Å². The van der Waals surface area contributed by atoms with Crippen molar-refractivity contribution >= 4 is 0 Å². The van der Waals surface area contributed by atoms with E-state index in [1.807, 2.05) is 18.2 Å². The number of hydrogen-bond acceptors (Lipinski definition) is 7. The first-order valence-electron chi connectivity index (χ1n) is 8.55. The molecule has 0 aromatic heterocycles. The molecular formula is C20H22O7. The van der Waals surface area contributed by atoms with Gasteiger partial charge in [-0.25, -0.2) is 0 Å². The van der Waals surface area contributed by atoms with E-state index in [4.69, 9.17) is 33.2 Å². The predicted octanol–water partition coefficient (Wildman–Crippen LogP) is 3.34. The minimum absolute atomic E-state index is 0.000642. The molecule has 7 nitrogen and oxygen atoms in total. The Bertz CT molecular complexity index is 877. The molecule has 0 aliphatic carbocycles. The van der Waals surface area contributed by atoms with Gasteiger partial charge in [0.1, 0.15) is 11.9 Å². The summed E-state index contributed by atoms with van der Waals surface area (Å²) < 4.78 is 39.7. The Morgan fingerprint density at radius 3 is 2.00 bits per heavy atom. The van der Waals surface area contributed by atoms with Gasteiger partial charge in [-0.05, 0) is 12.1 Å². The molecule has 2 atom stereocenters. The molecule has 2 heterocycles. The van der Waals surface area contributed by atoms with Gasteiger partial charge in [-0.1, -0.05) is 0 Å². The maximum atomic E-state index is 6.34. The SMILES string of the molecule is COc1cc2c(cc1OC)[C@H]1Oc3c(cc(OC)c(OC)c3OC)[C@@H]1CO2. The molecule has 2 aliphatic rings. The maximum absolute atomic E-state index is 6.34. The smallest absolute Gasteiger partial charge is 0.207 e. The Kier molecular flexibility index (Phi) is 4.30. The average molecular weight is 374 g/mol. The average Bonchev–Trinajstić information content (AvgIpc) is 3.09. The quantitative estimate of drug-likeness (QED) is 0.795. The third-order valence-electron chi connectivity index (χ3n) is 5.06. The standard InChI is InChI=1S/C20H22O7/c1-21-14-7-11-13(8-15(14)22-2)26-9-12-10-6-16(23-3)19(24-4)20(25-5)18(10)27-17(11)12/h6-8,12,17H,9H2,1-5H3/t12-,17+/m0/s1. The first-order chi connectivity index (χ1) is 13.2. The minimum Gasteiger partial charge on any atom is -0.493 e. The number of rotatable bonds is 5. The molecule has 0 bridgehead atoms. The Hall–Kier alpha value is -2.96. The van der Waals surface area contributed by atoms with Crippen molar-refractivity contribution in [3.05, 3.63) is 29.3 Å². The maximum Gasteiger partial charge on any atom is 0.207 e. The zero-order chi connectivity index (χ0) is 19.1. The fraction of sp³-hybridized carbons (Fsp3) is 0.400. The van der Waals surface area contributed by atoms with Gasteiger partial charge >= 0.3 is 0 Å². The van der Waals surface area contributed by atoms with E-state index in [2.05, 4.69) is 0 Å². The van der Waals surface area contributed by atoms with E-state index in [-0.39, 0.29) is 12.0 Å². The largest absolute Gasteiger partial charge is 0.493 e. The number of ether oxygens (including phenoxy) is 7. The third kappa shape index (κ3) is 2.49. The molecule has 7 heteroatoms. The van der Waals surface area contributed by atoms with Crippen LogP contribution in [-0.4, -0.2) is 42.2 Å².